The highest BCUT2D eigenvalue weighted by atomic mass is 16.5. The van der Waals surface area contributed by atoms with Crippen LogP contribution in [-0.2, 0) is 25.5 Å². The fraction of sp³-hybridized carbons (Fsp3) is 0.480. The highest BCUT2D eigenvalue weighted by Gasteiger charge is 2.32. The molecular formula is C25H33N3O4. The van der Waals surface area contributed by atoms with Crippen LogP contribution in [-0.4, -0.2) is 61.5 Å². The molecule has 3 amide bonds. The molecule has 3 rings (SSSR count). The molecule has 2 N–H and O–H groups in total. The van der Waals surface area contributed by atoms with E-state index in [0.717, 1.165) is 16.3 Å². The summed E-state index contributed by atoms with van der Waals surface area (Å²) < 4.78 is 5.78. The number of benzene rings is 2. The van der Waals surface area contributed by atoms with Crippen LogP contribution in [0.3, 0.4) is 0 Å². The number of fused-ring (bicyclic) bond motifs is 1. The minimum atomic E-state index is -0.636. The van der Waals surface area contributed by atoms with Crippen molar-refractivity contribution < 1.29 is 19.1 Å². The molecule has 32 heavy (non-hydrogen) atoms. The molecule has 0 spiro atoms. The Hall–Kier alpha value is -2.93. The maximum Gasteiger partial charge on any atom is 0.251 e. The van der Waals surface area contributed by atoms with E-state index in [4.69, 9.17) is 4.74 Å². The predicted molar refractivity (Wildman–Crippen MR) is 124 cm³/mol. The van der Waals surface area contributed by atoms with E-state index in [2.05, 4.69) is 10.6 Å². The summed E-state index contributed by atoms with van der Waals surface area (Å²) in [6.07, 6.45) is 0.920. The van der Waals surface area contributed by atoms with Crippen molar-refractivity contribution in [3.8, 4) is 0 Å². The van der Waals surface area contributed by atoms with E-state index in [1.54, 1.807) is 14.1 Å². The number of amides is 3. The van der Waals surface area contributed by atoms with Gasteiger partial charge in [0.05, 0.1) is 12.5 Å². The molecule has 1 heterocycles. The van der Waals surface area contributed by atoms with Gasteiger partial charge in [0.2, 0.25) is 11.8 Å². The first kappa shape index (κ1) is 23.7. The molecule has 1 aliphatic heterocycles. The molecule has 1 fully saturated rings. The number of carbonyl (C=O) groups is 3. The first-order valence-electron chi connectivity index (χ1n) is 11.2. The lowest BCUT2D eigenvalue weighted by atomic mass is 10.0. The smallest absolute Gasteiger partial charge is 0.251 e. The van der Waals surface area contributed by atoms with E-state index in [1.807, 2.05) is 56.3 Å². The highest BCUT2D eigenvalue weighted by Crippen LogP contribution is 2.20. The van der Waals surface area contributed by atoms with E-state index >= 15 is 0 Å². The predicted octanol–water partition coefficient (Wildman–Crippen LogP) is 2.28. The monoisotopic (exact) mass is 439 g/mol. The first-order chi connectivity index (χ1) is 15.2. The Kier molecular flexibility index (Phi) is 7.85. The van der Waals surface area contributed by atoms with Gasteiger partial charge in [0, 0.05) is 20.6 Å². The van der Waals surface area contributed by atoms with Crippen LogP contribution in [0.5, 0.6) is 0 Å². The van der Waals surface area contributed by atoms with E-state index in [9.17, 15) is 14.4 Å². The third-order valence-corrected chi connectivity index (χ3v) is 5.77. The fourth-order valence-corrected chi connectivity index (χ4v) is 3.94. The Morgan fingerprint density at radius 3 is 2.47 bits per heavy atom. The average Bonchev–Trinajstić information content (AvgIpc) is 3.24. The van der Waals surface area contributed by atoms with Crippen molar-refractivity contribution in [1.29, 1.82) is 0 Å². The van der Waals surface area contributed by atoms with Gasteiger partial charge in [-0.25, -0.2) is 0 Å². The molecule has 172 valence electrons. The first-order valence-corrected chi connectivity index (χ1v) is 11.2. The van der Waals surface area contributed by atoms with Gasteiger partial charge >= 0.3 is 0 Å². The summed E-state index contributed by atoms with van der Waals surface area (Å²) in [5, 5.41) is 7.97. The number of hydrogen-bond donors (Lipinski definition) is 2. The zero-order chi connectivity index (χ0) is 23.3. The molecule has 1 saturated heterocycles. The lowest BCUT2D eigenvalue weighted by Crippen LogP contribution is -2.51. The molecule has 0 aromatic heterocycles. The minimum Gasteiger partial charge on any atom is -0.363 e. The lowest BCUT2D eigenvalue weighted by Gasteiger charge is -2.23. The van der Waals surface area contributed by atoms with Crippen LogP contribution in [0.15, 0.2) is 42.5 Å². The molecule has 0 radical (unpaired) electrons. The molecule has 0 unspecified atom stereocenters. The number of nitrogens with zero attached hydrogens (tertiary/aromatic N) is 1. The maximum absolute atomic E-state index is 12.8. The van der Waals surface area contributed by atoms with Crippen molar-refractivity contribution in [2.24, 2.45) is 5.92 Å². The summed E-state index contributed by atoms with van der Waals surface area (Å²) in [6, 6.07) is 13.3. The Bertz CT molecular complexity index is 973. The number of hydrogen-bond acceptors (Lipinski definition) is 4. The second kappa shape index (κ2) is 10.6. The molecule has 1 aliphatic rings. The van der Waals surface area contributed by atoms with Crippen molar-refractivity contribution in [3.05, 3.63) is 48.0 Å². The molecule has 7 nitrogen and oxygen atoms in total. The maximum atomic E-state index is 12.8. The summed E-state index contributed by atoms with van der Waals surface area (Å²) in [6.45, 7) is 4.12. The van der Waals surface area contributed by atoms with Gasteiger partial charge in [-0.15, -0.1) is 0 Å². The van der Waals surface area contributed by atoms with Crippen molar-refractivity contribution >= 4 is 28.5 Å². The quantitative estimate of drug-likeness (QED) is 0.661. The van der Waals surface area contributed by atoms with Gasteiger partial charge < -0.3 is 20.3 Å². The van der Waals surface area contributed by atoms with Crippen LogP contribution in [0.2, 0.25) is 0 Å². The Labute approximate surface area is 189 Å². The standard InChI is InChI=1S/C25H33N3O4/c1-16(2)23(24(30)26-15-20-11-12-21(32-20)25(31)28(3)4)27-22(29)14-17-9-10-18-7-5-6-8-19(18)13-17/h5-10,13,16,20-21,23H,11-12,14-15H2,1-4H3,(H,26,30)(H,27,29)/t20-,21-,23+/m1/s1. The van der Waals surface area contributed by atoms with E-state index in [1.165, 1.54) is 4.90 Å². The topological polar surface area (TPSA) is 87.7 Å². The van der Waals surface area contributed by atoms with Gasteiger partial charge in [-0.1, -0.05) is 56.3 Å². The van der Waals surface area contributed by atoms with Crippen LogP contribution in [0.25, 0.3) is 10.8 Å². The van der Waals surface area contributed by atoms with E-state index in [0.29, 0.717) is 19.4 Å². The Balaban J connectivity index is 1.52. The summed E-state index contributed by atoms with van der Waals surface area (Å²) in [7, 11) is 3.41. The number of carbonyl (C=O) groups excluding carboxylic acids is 3. The molecule has 0 saturated carbocycles. The van der Waals surface area contributed by atoms with Gasteiger partial charge in [-0.3, -0.25) is 14.4 Å². The summed E-state index contributed by atoms with van der Waals surface area (Å²) in [5.74, 6) is -0.552. The van der Waals surface area contributed by atoms with Crippen LogP contribution in [0.1, 0.15) is 32.3 Å². The zero-order valence-corrected chi connectivity index (χ0v) is 19.3. The Morgan fingerprint density at radius 2 is 1.78 bits per heavy atom. The fourth-order valence-electron chi connectivity index (χ4n) is 3.94. The van der Waals surface area contributed by atoms with Crippen LogP contribution < -0.4 is 10.6 Å². The van der Waals surface area contributed by atoms with Crippen LogP contribution in [0, 0.1) is 5.92 Å². The average molecular weight is 440 g/mol. The molecule has 7 heteroatoms. The molecule has 0 bridgehead atoms. The van der Waals surface area contributed by atoms with Gasteiger partial charge in [-0.2, -0.15) is 0 Å². The van der Waals surface area contributed by atoms with Crippen molar-refractivity contribution in [2.45, 2.75) is 51.4 Å². The molecule has 0 aliphatic carbocycles. The minimum absolute atomic E-state index is 0.0557. The third-order valence-electron chi connectivity index (χ3n) is 5.77. The lowest BCUT2D eigenvalue weighted by molar-refractivity contribution is -0.140. The normalized spacial score (nSPS) is 19.0. The number of likely N-dealkylation sites (N-methyl/N-ethyl adjacent to an activating group) is 1. The van der Waals surface area contributed by atoms with E-state index in [-0.39, 0.29) is 36.2 Å². The largest absolute Gasteiger partial charge is 0.363 e. The number of ether oxygens (including phenoxy) is 1. The third kappa shape index (κ3) is 6.07. The van der Waals surface area contributed by atoms with Crippen LogP contribution >= 0.6 is 0 Å². The molecule has 2 aromatic carbocycles. The molecule has 3 atom stereocenters. The second-order valence-corrected chi connectivity index (χ2v) is 8.95. The Morgan fingerprint density at radius 1 is 1.06 bits per heavy atom. The second-order valence-electron chi connectivity index (χ2n) is 8.95. The number of nitrogens with one attached hydrogen (secondary N) is 2. The summed E-state index contributed by atoms with van der Waals surface area (Å²) in [5.41, 5.74) is 0.903. The molecule has 2 aromatic rings. The van der Waals surface area contributed by atoms with Crippen LogP contribution in [0.4, 0.5) is 0 Å². The summed E-state index contributed by atoms with van der Waals surface area (Å²) in [4.78, 5) is 39.0. The van der Waals surface area contributed by atoms with E-state index < -0.39 is 12.1 Å². The SMILES string of the molecule is CC(C)[C@H](NC(=O)Cc1ccc2ccccc2c1)C(=O)NC[C@H]1CC[C@H](C(=O)N(C)C)O1. The van der Waals surface area contributed by atoms with Gasteiger partial charge in [0.15, 0.2) is 0 Å². The van der Waals surface area contributed by atoms with Crippen molar-refractivity contribution in [1.82, 2.24) is 15.5 Å². The highest BCUT2D eigenvalue weighted by molar-refractivity contribution is 5.89. The van der Waals surface area contributed by atoms with Crippen molar-refractivity contribution in [2.75, 3.05) is 20.6 Å². The summed E-state index contributed by atoms with van der Waals surface area (Å²) >= 11 is 0. The number of rotatable bonds is 8. The van der Waals surface area contributed by atoms with Gasteiger partial charge in [0.25, 0.3) is 5.91 Å². The van der Waals surface area contributed by atoms with Gasteiger partial charge in [-0.05, 0) is 35.1 Å². The molecular weight excluding hydrogens is 406 g/mol. The van der Waals surface area contributed by atoms with Crippen molar-refractivity contribution in [3.63, 3.8) is 0 Å². The zero-order valence-electron chi connectivity index (χ0n) is 19.3. The van der Waals surface area contributed by atoms with Gasteiger partial charge in [0.1, 0.15) is 12.1 Å².